The van der Waals surface area contributed by atoms with E-state index in [9.17, 15) is 4.79 Å². The van der Waals surface area contributed by atoms with Crippen LogP contribution in [0.25, 0.3) is 0 Å². The zero-order chi connectivity index (χ0) is 11.9. The Morgan fingerprint density at radius 3 is 2.81 bits per heavy atom. The molecule has 1 N–H and O–H groups in total. The molecule has 0 bridgehead atoms. The summed E-state index contributed by atoms with van der Waals surface area (Å²) in [5.41, 5.74) is 2.27. The van der Waals surface area contributed by atoms with E-state index >= 15 is 0 Å². The zero-order valence-corrected chi connectivity index (χ0v) is 10.9. The Balaban J connectivity index is 2.37. The number of rotatable bonds is 1. The van der Waals surface area contributed by atoms with E-state index in [0.29, 0.717) is 5.37 Å². The van der Waals surface area contributed by atoms with E-state index < -0.39 is 0 Å². The molecule has 0 saturated carbocycles. The van der Waals surface area contributed by atoms with Crippen molar-refractivity contribution in [2.24, 2.45) is 0 Å². The van der Waals surface area contributed by atoms with E-state index in [1.807, 2.05) is 24.9 Å². The summed E-state index contributed by atoms with van der Waals surface area (Å²) < 4.78 is 0. The molecule has 0 saturated heterocycles. The zero-order valence-electron chi connectivity index (χ0n) is 10.1. The molecule has 4 heteroatoms. The molecule has 3 nitrogen and oxygen atoms in total. The number of carbonyl (C=O) groups excluding carboxylic acids is 1. The number of hydrogen-bond acceptors (Lipinski definition) is 2. The van der Waals surface area contributed by atoms with Gasteiger partial charge in [-0.05, 0) is 19.1 Å². The smallest absolute Gasteiger partial charge is 0.223 e. The third-order valence-corrected chi connectivity index (χ3v) is 4.48. The predicted octanol–water partition coefficient (Wildman–Crippen LogP) is 1.27. The maximum atomic E-state index is 11.3. The van der Waals surface area contributed by atoms with Crippen molar-refractivity contribution in [3.63, 3.8) is 0 Å². The summed E-state index contributed by atoms with van der Waals surface area (Å²) in [6.07, 6.45) is 0. The van der Waals surface area contributed by atoms with Crippen LogP contribution < -0.4 is 9.80 Å². The first-order valence-electron chi connectivity index (χ1n) is 5.39. The Morgan fingerprint density at radius 1 is 1.50 bits per heavy atom. The van der Waals surface area contributed by atoms with Gasteiger partial charge in [-0.2, -0.15) is 0 Å². The molecular weight excluding hydrogens is 220 g/mol. The molecular formula is C12H17N2OS+. The molecule has 1 heterocycles. The lowest BCUT2D eigenvalue weighted by atomic mass is 10.2. The number of hydrogen-bond donors (Lipinski definition) is 1. The standard InChI is InChI=1S/C12H16N2OS/c1-8(15)13(3)10-5-6-12-11(7-10)14(4)9(2)16-12/h5-7,9H,1-4H3/p+1. The number of nitrogens with one attached hydrogen (secondary N) is 1. The van der Waals surface area contributed by atoms with Crippen molar-refractivity contribution in [3.05, 3.63) is 18.2 Å². The lowest BCUT2D eigenvalue weighted by molar-refractivity contribution is -0.817. The van der Waals surface area contributed by atoms with Crippen molar-refractivity contribution < 1.29 is 9.69 Å². The van der Waals surface area contributed by atoms with Crippen molar-refractivity contribution >= 4 is 29.0 Å². The van der Waals surface area contributed by atoms with Crippen LogP contribution in [0.15, 0.2) is 23.1 Å². The largest absolute Gasteiger partial charge is 0.316 e. The first-order valence-corrected chi connectivity index (χ1v) is 6.27. The minimum atomic E-state index is 0.0660. The second kappa shape index (κ2) is 4.11. The molecule has 2 rings (SSSR count). The SMILES string of the molecule is CC(=O)N(C)c1ccc2c(c1)[NH+](C)C(C)S2. The predicted molar refractivity (Wildman–Crippen MR) is 67.4 cm³/mol. The molecule has 1 aliphatic heterocycles. The fraction of sp³-hybridized carbons (Fsp3) is 0.417. The number of carbonyl (C=O) groups is 1. The Kier molecular flexibility index (Phi) is 2.95. The number of nitrogens with zero attached hydrogens (tertiary/aromatic N) is 1. The maximum Gasteiger partial charge on any atom is 0.223 e. The Hall–Kier alpha value is -1.00. The first kappa shape index (κ1) is 11.5. The van der Waals surface area contributed by atoms with Gasteiger partial charge in [0.1, 0.15) is 11.1 Å². The summed E-state index contributed by atoms with van der Waals surface area (Å²) in [7, 11) is 3.98. The van der Waals surface area contributed by atoms with Crippen LogP contribution in [0, 0.1) is 0 Å². The van der Waals surface area contributed by atoms with E-state index in [4.69, 9.17) is 0 Å². The van der Waals surface area contributed by atoms with E-state index in [-0.39, 0.29) is 5.91 Å². The second-order valence-corrected chi connectivity index (χ2v) is 5.58. The maximum absolute atomic E-state index is 11.3. The summed E-state index contributed by atoms with van der Waals surface area (Å²) in [5.74, 6) is 0.0660. The third-order valence-electron chi connectivity index (χ3n) is 3.16. The number of thioether (sulfide) groups is 1. The molecule has 0 spiro atoms. The van der Waals surface area contributed by atoms with E-state index in [1.54, 1.807) is 11.8 Å². The summed E-state index contributed by atoms with van der Waals surface area (Å²) in [6, 6.07) is 6.24. The molecule has 2 unspecified atom stereocenters. The number of anilines is 1. The topological polar surface area (TPSA) is 24.8 Å². The van der Waals surface area contributed by atoms with Gasteiger partial charge in [-0.15, -0.1) is 0 Å². The van der Waals surface area contributed by atoms with Gasteiger partial charge in [0.2, 0.25) is 5.91 Å². The molecule has 2 atom stereocenters. The molecule has 1 amide bonds. The van der Waals surface area contributed by atoms with Gasteiger partial charge in [0.15, 0.2) is 0 Å². The van der Waals surface area contributed by atoms with E-state index in [2.05, 4.69) is 26.1 Å². The van der Waals surface area contributed by atoms with Gasteiger partial charge < -0.3 is 4.90 Å². The Morgan fingerprint density at radius 2 is 2.19 bits per heavy atom. The molecule has 0 fully saturated rings. The summed E-state index contributed by atoms with van der Waals surface area (Å²) in [4.78, 5) is 15.7. The van der Waals surface area contributed by atoms with Crippen LogP contribution in [-0.2, 0) is 4.79 Å². The number of benzene rings is 1. The van der Waals surface area contributed by atoms with Crippen LogP contribution in [0.4, 0.5) is 11.4 Å². The van der Waals surface area contributed by atoms with Gasteiger partial charge in [-0.25, -0.2) is 0 Å². The molecule has 1 aromatic carbocycles. The average Bonchev–Trinajstić information content (AvgIpc) is 2.53. The van der Waals surface area contributed by atoms with Gasteiger partial charge in [-0.3, -0.25) is 9.69 Å². The number of fused-ring (bicyclic) bond motifs is 1. The quantitative estimate of drug-likeness (QED) is 0.795. The minimum Gasteiger partial charge on any atom is -0.316 e. The molecule has 0 radical (unpaired) electrons. The van der Waals surface area contributed by atoms with Crippen molar-refractivity contribution in [1.82, 2.24) is 0 Å². The summed E-state index contributed by atoms with van der Waals surface area (Å²) in [5, 5.41) is 0.549. The molecule has 16 heavy (non-hydrogen) atoms. The van der Waals surface area contributed by atoms with Crippen molar-refractivity contribution in [2.75, 3.05) is 19.0 Å². The van der Waals surface area contributed by atoms with Crippen LogP contribution >= 0.6 is 11.8 Å². The van der Waals surface area contributed by atoms with Gasteiger partial charge in [-0.1, -0.05) is 11.8 Å². The Labute approximate surface area is 100 Å². The highest BCUT2D eigenvalue weighted by atomic mass is 32.2. The normalized spacial score (nSPS) is 23.0. The van der Waals surface area contributed by atoms with Crippen LogP contribution in [0.3, 0.4) is 0 Å². The highest BCUT2D eigenvalue weighted by molar-refractivity contribution is 8.00. The molecule has 1 aromatic rings. The van der Waals surface area contributed by atoms with E-state index in [0.717, 1.165) is 5.69 Å². The van der Waals surface area contributed by atoms with E-state index in [1.165, 1.54) is 15.5 Å². The monoisotopic (exact) mass is 237 g/mol. The third kappa shape index (κ3) is 1.83. The lowest BCUT2D eigenvalue weighted by Crippen LogP contribution is -3.05. The molecule has 1 aliphatic rings. The van der Waals surface area contributed by atoms with Crippen molar-refractivity contribution in [3.8, 4) is 0 Å². The van der Waals surface area contributed by atoms with Crippen LogP contribution in [0.1, 0.15) is 13.8 Å². The Bertz CT molecular complexity index is 433. The van der Waals surface area contributed by atoms with Crippen LogP contribution in [0.2, 0.25) is 0 Å². The fourth-order valence-corrected chi connectivity index (χ4v) is 3.00. The first-order chi connectivity index (χ1) is 7.50. The van der Waals surface area contributed by atoms with Crippen LogP contribution in [0.5, 0.6) is 0 Å². The van der Waals surface area contributed by atoms with Gasteiger partial charge in [0.25, 0.3) is 0 Å². The van der Waals surface area contributed by atoms with Gasteiger partial charge in [0, 0.05) is 25.7 Å². The van der Waals surface area contributed by atoms with Crippen LogP contribution in [-0.4, -0.2) is 25.4 Å². The summed E-state index contributed by atoms with van der Waals surface area (Å²) >= 11 is 1.89. The fourth-order valence-electron chi connectivity index (χ4n) is 1.82. The second-order valence-electron chi connectivity index (χ2n) is 4.20. The number of quaternary nitrogens is 1. The van der Waals surface area contributed by atoms with Gasteiger partial charge >= 0.3 is 0 Å². The van der Waals surface area contributed by atoms with Gasteiger partial charge in [0.05, 0.1) is 11.9 Å². The lowest BCUT2D eigenvalue weighted by Gasteiger charge is -2.16. The highest BCUT2D eigenvalue weighted by Crippen LogP contribution is 2.34. The summed E-state index contributed by atoms with van der Waals surface area (Å²) in [6.45, 7) is 3.80. The molecule has 0 aromatic heterocycles. The van der Waals surface area contributed by atoms with Crippen molar-refractivity contribution in [2.45, 2.75) is 24.1 Å². The highest BCUT2D eigenvalue weighted by Gasteiger charge is 2.29. The average molecular weight is 237 g/mol. The minimum absolute atomic E-state index is 0.0660. The number of amides is 1. The molecule has 0 aliphatic carbocycles. The molecule has 86 valence electrons. The van der Waals surface area contributed by atoms with Crippen molar-refractivity contribution in [1.29, 1.82) is 0 Å².